The molecule has 4 heteroatoms. The number of hydrogen-bond donors (Lipinski definition) is 2. The maximum Gasteiger partial charge on any atom is 0.121 e. The predicted octanol–water partition coefficient (Wildman–Crippen LogP) is 4.22. The molecule has 0 aliphatic carbocycles. The van der Waals surface area contributed by atoms with Crippen LogP contribution in [0.5, 0.6) is 11.5 Å². The lowest BCUT2D eigenvalue weighted by Gasteiger charge is -2.20. The summed E-state index contributed by atoms with van der Waals surface area (Å²) in [6.07, 6.45) is 0. The lowest BCUT2D eigenvalue weighted by molar-refractivity contribution is 0.474. The number of aromatic nitrogens is 1. The first-order valence-corrected chi connectivity index (χ1v) is 8.63. The normalized spacial score (nSPS) is 11.5. The summed E-state index contributed by atoms with van der Waals surface area (Å²) in [4.78, 5) is 0. The number of nitrogens with zero attached hydrogens (tertiary/aromatic N) is 1. The zero-order chi connectivity index (χ0) is 18.7. The molecule has 3 aromatic carbocycles. The quantitative estimate of drug-likeness (QED) is 0.509. The Morgan fingerprint density at radius 2 is 1.38 bits per heavy atom. The van der Waals surface area contributed by atoms with E-state index in [4.69, 9.17) is 7.85 Å². The summed E-state index contributed by atoms with van der Waals surface area (Å²) in [6, 6.07) is 11.6. The molecule has 0 aliphatic heterocycles. The van der Waals surface area contributed by atoms with E-state index in [1.807, 2.05) is 33.8 Å². The van der Waals surface area contributed by atoms with Crippen LogP contribution in [0.2, 0.25) is 0 Å². The van der Waals surface area contributed by atoms with Crippen LogP contribution in [0.1, 0.15) is 22.3 Å². The Morgan fingerprint density at radius 1 is 0.769 bits per heavy atom. The molecular weight excluding hydrogens is 321 g/mol. The van der Waals surface area contributed by atoms with Crippen LogP contribution < -0.4 is 5.46 Å². The summed E-state index contributed by atoms with van der Waals surface area (Å²) in [5.74, 6) is 0.356. The molecule has 3 nitrogen and oxygen atoms in total. The molecule has 1 heterocycles. The standard InChI is InChI=1S/C22H20BNO2/c1-11-5-7-18-16(9-11)17-10-15(25)6-8-19(17)24(18)21-13(3)12(2)14(4)22(26)20(21)23/h5-10,25-26H,1-4H3. The molecule has 4 aromatic rings. The smallest absolute Gasteiger partial charge is 0.121 e. The largest absolute Gasteiger partial charge is 0.508 e. The summed E-state index contributed by atoms with van der Waals surface area (Å²) in [7, 11) is 6.37. The van der Waals surface area contributed by atoms with Crippen molar-refractivity contribution in [3.8, 4) is 17.2 Å². The fraction of sp³-hybridized carbons (Fsp3) is 0.182. The number of hydrogen-bond acceptors (Lipinski definition) is 2. The van der Waals surface area contributed by atoms with Gasteiger partial charge in [0.25, 0.3) is 0 Å². The van der Waals surface area contributed by atoms with Crippen molar-refractivity contribution >= 4 is 35.1 Å². The van der Waals surface area contributed by atoms with Gasteiger partial charge in [-0.15, -0.1) is 0 Å². The van der Waals surface area contributed by atoms with Gasteiger partial charge in [0.2, 0.25) is 0 Å². The Hall–Kier alpha value is -2.88. The van der Waals surface area contributed by atoms with Crippen LogP contribution in [-0.4, -0.2) is 22.6 Å². The molecule has 0 saturated carbocycles. The van der Waals surface area contributed by atoms with Gasteiger partial charge >= 0.3 is 0 Å². The third-order valence-corrected chi connectivity index (χ3v) is 5.47. The fourth-order valence-corrected chi connectivity index (χ4v) is 3.81. The van der Waals surface area contributed by atoms with E-state index >= 15 is 0 Å². The minimum atomic E-state index is 0.129. The highest BCUT2D eigenvalue weighted by molar-refractivity contribution is 6.37. The van der Waals surface area contributed by atoms with Crippen molar-refractivity contribution in [2.24, 2.45) is 0 Å². The SMILES string of the molecule is [B]c1c(O)c(C)c(C)c(C)c1-n1c2ccc(C)cc2c2cc(O)ccc21. The van der Waals surface area contributed by atoms with Gasteiger partial charge in [0.15, 0.2) is 0 Å². The highest BCUT2D eigenvalue weighted by Gasteiger charge is 2.20. The lowest BCUT2D eigenvalue weighted by atomic mass is 9.85. The average Bonchev–Trinajstić information content (AvgIpc) is 2.92. The molecule has 26 heavy (non-hydrogen) atoms. The number of aryl methyl sites for hydroxylation is 1. The number of phenolic OH excluding ortho intramolecular Hbond substituents is 2. The molecule has 4 rings (SSSR count). The monoisotopic (exact) mass is 341 g/mol. The van der Waals surface area contributed by atoms with Crippen LogP contribution >= 0.6 is 0 Å². The van der Waals surface area contributed by atoms with E-state index in [1.54, 1.807) is 12.1 Å². The molecule has 0 atom stereocenters. The molecule has 0 unspecified atom stereocenters. The van der Waals surface area contributed by atoms with Gasteiger partial charge in [-0.3, -0.25) is 0 Å². The highest BCUT2D eigenvalue weighted by atomic mass is 16.3. The topological polar surface area (TPSA) is 45.4 Å². The Labute approximate surface area is 153 Å². The molecule has 0 spiro atoms. The Bertz CT molecular complexity index is 1120. The van der Waals surface area contributed by atoms with Crippen LogP contribution in [0.15, 0.2) is 36.4 Å². The summed E-state index contributed by atoms with van der Waals surface area (Å²) in [6.45, 7) is 7.95. The summed E-state index contributed by atoms with van der Waals surface area (Å²) < 4.78 is 2.08. The van der Waals surface area contributed by atoms with Crippen molar-refractivity contribution in [3.05, 3.63) is 58.7 Å². The predicted molar refractivity (Wildman–Crippen MR) is 108 cm³/mol. The van der Waals surface area contributed by atoms with Crippen molar-refractivity contribution in [1.29, 1.82) is 0 Å². The second-order valence-corrected chi connectivity index (χ2v) is 7.04. The van der Waals surface area contributed by atoms with E-state index in [-0.39, 0.29) is 11.5 Å². The fourth-order valence-electron chi connectivity index (χ4n) is 3.81. The van der Waals surface area contributed by atoms with Gasteiger partial charge in [-0.25, -0.2) is 0 Å². The van der Waals surface area contributed by atoms with E-state index in [9.17, 15) is 10.2 Å². The second kappa shape index (κ2) is 5.56. The molecule has 1 aromatic heterocycles. The van der Waals surface area contributed by atoms with Gasteiger partial charge < -0.3 is 14.8 Å². The first-order valence-electron chi connectivity index (χ1n) is 8.63. The van der Waals surface area contributed by atoms with Gasteiger partial charge in [-0.1, -0.05) is 11.6 Å². The number of fused-ring (bicyclic) bond motifs is 3. The minimum Gasteiger partial charge on any atom is -0.508 e. The van der Waals surface area contributed by atoms with Crippen LogP contribution in [-0.2, 0) is 0 Å². The second-order valence-electron chi connectivity index (χ2n) is 7.04. The summed E-state index contributed by atoms with van der Waals surface area (Å²) in [5.41, 5.74) is 7.11. The zero-order valence-electron chi connectivity index (χ0n) is 15.4. The van der Waals surface area contributed by atoms with E-state index in [0.29, 0.717) is 5.46 Å². The first kappa shape index (κ1) is 16.6. The van der Waals surface area contributed by atoms with E-state index in [1.165, 1.54) is 0 Å². The maximum atomic E-state index is 10.5. The molecule has 0 fully saturated rings. The van der Waals surface area contributed by atoms with Gasteiger partial charge in [-0.05, 0) is 80.2 Å². The van der Waals surface area contributed by atoms with Crippen molar-refractivity contribution in [2.45, 2.75) is 27.7 Å². The van der Waals surface area contributed by atoms with E-state index < -0.39 is 0 Å². The van der Waals surface area contributed by atoms with Crippen LogP contribution in [0.25, 0.3) is 27.5 Å². The van der Waals surface area contributed by atoms with E-state index in [2.05, 4.69) is 22.8 Å². The van der Waals surface area contributed by atoms with Crippen molar-refractivity contribution in [3.63, 3.8) is 0 Å². The molecule has 2 radical (unpaired) electrons. The van der Waals surface area contributed by atoms with Crippen molar-refractivity contribution in [1.82, 2.24) is 4.57 Å². The molecule has 0 aliphatic rings. The minimum absolute atomic E-state index is 0.129. The van der Waals surface area contributed by atoms with Gasteiger partial charge in [-0.2, -0.15) is 0 Å². The van der Waals surface area contributed by atoms with E-state index in [0.717, 1.165) is 49.7 Å². The van der Waals surface area contributed by atoms with Gasteiger partial charge in [0.1, 0.15) is 19.3 Å². The Kier molecular flexibility index (Phi) is 3.55. The number of aromatic hydroxyl groups is 2. The highest BCUT2D eigenvalue weighted by Crippen LogP contribution is 2.36. The Morgan fingerprint density at radius 3 is 2.08 bits per heavy atom. The number of rotatable bonds is 1. The average molecular weight is 341 g/mol. The number of benzene rings is 3. The summed E-state index contributed by atoms with van der Waals surface area (Å²) in [5, 5.41) is 22.6. The molecule has 0 saturated heterocycles. The van der Waals surface area contributed by atoms with Crippen LogP contribution in [0.3, 0.4) is 0 Å². The molecular formula is C22H20BNO2. The number of phenols is 2. The van der Waals surface area contributed by atoms with Crippen LogP contribution in [0.4, 0.5) is 0 Å². The Balaban J connectivity index is 2.26. The third kappa shape index (κ3) is 2.15. The molecule has 0 amide bonds. The zero-order valence-corrected chi connectivity index (χ0v) is 15.4. The molecule has 0 bridgehead atoms. The lowest BCUT2D eigenvalue weighted by Crippen LogP contribution is -2.17. The van der Waals surface area contributed by atoms with Gasteiger partial charge in [0.05, 0.1) is 11.0 Å². The van der Waals surface area contributed by atoms with Gasteiger partial charge in [0, 0.05) is 16.5 Å². The van der Waals surface area contributed by atoms with Crippen LogP contribution in [0, 0.1) is 27.7 Å². The molecule has 128 valence electrons. The maximum absolute atomic E-state index is 10.5. The third-order valence-electron chi connectivity index (χ3n) is 5.47. The molecule has 2 N–H and O–H groups in total. The summed E-state index contributed by atoms with van der Waals surface area (Å²) >= 11 is 0. The van der Waals surface area contributed by atoms with Crippen molar-refractivity contribution < 1.29 is 10.2 Å². The van der Waals surface area contributed by atoms with Crippen molar-refractivity contribution in [2.75, 3.05) is 0 Å². The first-order chi connectivity index (χ1) is 12.3.